The summed E-state index contributed by atoms with van der Waals surface area (Å²) in [6, 6.07) is 5.48. The lowest BCUT2D eigenvalue weighted by Crippen LogP contribution is -2.22. The lowest BCUT2D eigenvalue weighted by atomic mass is 10.0. The second kappa shape index (κ2) is 8.56. The fraction of sp³-hybridized carbons (Fsp3) is 0.591. The van der Waals surface area contributed by atoms with Crippen molar-refractivity contribution >= 4 is 23.2 Å². The molecule has 1 aromatic carbocycles. The van der Waals surface area contributed by atoms with Gasteiger partial charge >= 0.3 is 0 Å². The lowest BCUT2D eigenvalue weighted by Gasteiger charge is -2.20. The first kappa shape index (κ1) is 19.8. The molecule has 2 aliphatic carbocycles. The molecule has 2 saturated carbocycles. The second-order valence-electron chi connectivity index (χ2n) is 8.21. The highest BCUT2D eigenvalue weighted by atomic mass is 35.5. The molecule has 1 aromatic heterocycles. The number of hydrogen-bond acceptors (Lipinski definition) is 5. The Kier molecular flexibility index (Phi) is 5.85. The maximum Gasteiger partial charge on any atom is 0.145 e. The molecule has 0 amide bonds. The first-order chi connectivity index (χ1) is 14.2. The van der Waals surface area contributed by atoms with E-state index in [0.29, 0.717) is 47.0 Å². The van der Waals surface area contributed by atoms with Crippen LogP contribution in [0.5, 0.6) is 0 Å². The van der Waals surface area contributed by atoms with Crippen LogP contribution < -0.4 is 0 Å². The van der Waals surface area contributed by atoms with Crippen LogP contribution in [0.15, 0.2) is 22.7 Å². The average Bonchev–Trinajstić information content (AvgIpc) is 3.46. The van der Waals surface area contributed by atoms with Crippen molar-refractivity contribution in [3.63, 3.8) is 0 Å². The Morgan fingerprint density at radius 2 is 1.62 bits per heavy atom. The monoisotopic (exact) mass is 437 g/mol. The molecule has 2 heterocycles. The zero-order valence-corrected chi connectivity index (χ0v) is 17.8. The average molecular weight is 438 g/mol. The van der Waals surface area contributed by atoms with Gasteiger partial charge in [0, 0.05) is 17.0 Å². The van der Waals surface area contributed by atoms with Crippen molar-refractivity contribution in [2.75, 3.05) is 13.2 Å². The molecule has 3 atom stereocenters. The van der Waals surface area contributed by atoms with Gasteiger partial charge in [0.25, 0.3) is 0 Å². The predicted octanol–water partition coefficient (Wildman–Crippen LogP) is 5.77. The topological polar surface area (TPSA) is 53.7 Å². The fourth-order valence-electron chi connectivity index (χ4n) is 4.41. The van der Waals surface area contributed by atoms with Crippen LogP contribution in [0.3, 0.4) is 0 Å². The summed E-state index contributed by atoms with van der Waals surface area (Å²) in [4.78, 5) is 0. The van der Waals surface area contributed by atoms with E-state index in [0.717, 1.165) is 49.8 Å². The van der Waals surface area contributed by atoms with Gasteiger partial charge in [-0.1, -0.05) is 34.4 Å². The molecule has 7 heteroatoms. The molecule has 1 aliphatic heterocycles. The number of ether oxygens (including phenoxy) is 3. The third-order valence-electron chi connectivity index (χ3n) is 6.08. The van der Waals surface area contributed by atoms with E-state index < -0.39 is 0 Å². The Balaban J connectivity index is 1.40. The van der Waals surface area contributed by atoms with Gasteiger partial charge < -0.3 is 18.7 Å². The van der Waals surface area contributed by atoms with Gasteiger partial charge in [-0.05, 0) is 50.7 Å². The number of rotatable bonds is 5. The molecule has 156 valence electrons. The summed E-state index contributed by atoms with van der Waals surface area (Å²) in [5.74, 6) is 1.33. The van der Waals surface area contributed by atoms with Crippen molar-refractivity contribution in [3.05, 3.63) is 39.6 Å². The third kappa shape index (κ3) is 4.35. The largest absolute Gasteiger partial charge is 0.376 e. The minimum absolute atomic E-state index is 0.0853. The van der Waals surface area contributed by atoms with Crippen LogP contribution in [0.2, 0.25) is 10.0 Å². The number of benzene rings is 1. The Bertz CT molecular complexity index is 830. The summed E-state index contributed by atoms with van der Waals surface area (Å²) >= 11 is 12.9. The number of nitrogens with zero attached hydrogens (tertiary/aromatic N) is 1. The van der Waals surface area contributed by atoms with Crippen molar-refractivity contribution in [3.8, 4) is 11.3 Å². The zero-order chi connectivity index (χ0) is 19.8. The molecule has 2 aromatic rings. The number of aromatic nitrogens is 1. The van der Waals surface area contributed by atoms with E-state index in [1.54, 1.807) is 0 Å². The van der Waals surface area contributed by atoms with Gasteiger partial charge in [-0.15, -0.1) is 0 Å². The van der Waals surface area contributed by atoms with Gasteiger partial charge in [0.05, 0.1) is 48.2 Å². The first-order valence-corrected chi connectivity index (χ1v) is 11.2. The van der Waals surface area contributed by atoms with E-state index in [2.05, 4.69) is 5.16 Å². The standard InChI is InChI=1S/C22H25Cl2NO4/c23-18-2-1-3-19(24)20(18)21-17(22(29-25-21)13-4-5-13)12-28-16-10-14-6-7-15(11-16)27-9-8-26-14/h1-3,13-16H,4-12H2/t14-,15+,16-. The van der Waals surface area contributed by atoms with Gasteiger partial charge in [-0.3, -0.25) is 0 Å². The first-order valence-electron chi connectivity index (χ1n) is 10.5. The summed E-state index contributed by atoms with van der Waals surface area (Å²) in [6.07, 6.45) is 6.67. The van der Waals surface area contributed by atoms with Gasteiger partial charge in [0.2, 0.25) is 0 Å². The molecule has 3 fully saturated rings. The van der Waals surface area contributed by atoms with E-state index >= 15 is 0 Å². The molecule has 1 saturated heterocycles. The zero-order valence-electron chi connectivity index (χ0n) is 16.2. The smallest absolute Gasteiger partial charge is 0.145 e. The predicted molar refractivity (Wildman–Crippen MR) is 110 cm³/mol. The molecule has 5 nitrogen and oxygen atoms in total. The Morgan fingerprint density at radius 3 is 2.24 bits per heavy atom. The number of halogens is 2. The Hall–Kier alpha value is -1.11. The van der Waals surface area contributed by atoms with Crippen LogP contribution in [0, 0.1) is 0 Å². The summed E-state index contributed by atoms with van der Waals surface area (Å²) in [6.45, 7) is 1.76. The van der Waals surface area contributed by atoms with Crippen molar-refractivity contribution in [2.24, 2.45) is 0 Å². The van der Waals surface area contributed by atoms with E-state index in [1.165, 1.54) is 0 Å². The molecule has 29 heavy (non-hydrogen) atoms. The molecule has 5 rings (SSSR count). The molecule has 2 bridgehead atoms. The molecule has 0 unspecified atom stereocenters. The van der Waals surface area contributed by atoms with Crippen LogP contribution in [-0.4, -0.2) is 36.7 Å². The van der Waals surface area contributed by atoms with Crippen molar-refractivity contribution in [1.29, 1.82) is 0 Å². The van der Waals surface area contributed by atoms with Crippen molar-refractivity contribution in [2.45, 2.75) is 69.4 Å². The van der Waals surface area contributed by atoms with E-state index in [-0.39, 0.29) is 18.3 Å². The minimum atomic E-state index is 0.0853. The summed E-state index contributed by atoms with van der Waals surface area (Å²) in [5, 5.41) is 5.48. The highest BCUT2D eigenvalue weighted by Crippen LogP contribution is 2.46. The quantitative estimate of drug-likeness (QED) is 0.593. The summed E-state index contributed by atoms with van der Waals surface area (Å²) in [7, 11) is 0. The van der Waals surface area contributed by atoms with E-state index in [4.69, 9.17) is 41.9 Å². The van der Waals surface area contributed by atoms with Gasteiger partial charge in [-0.25, -0.2) is 0 Å². The normalized spacial score (nSPS) is 27.4. The molecular formula is C22H25Cl2NO4. The van der Waals surface area contributed by atoms with Crippen LogP contribution >= 0.6 is 23.2 Å². The van der Waals surface area contributed by atoms with Crippen molar-refractivity contribution < 1.29 is 18.7 Å². The van der Waals surface area contributed by atoms with Gasteiger partial charge in [0.15, 0.2) is 0 Å². The van der Waals surface area contributed by atoms with Crippen molar-refractivity contribution in [1.82, 2.24) is 5.16 Å². The molecule has 0 N–H and O–H groups in total. The van der Waals surface area contributed by atoms with Gasteiger partial charge in [-0.2, -0.15) is 0 Å². The van der Waals surface area contributed by atoms with Crippen LogP contribution in [0.4, 0.5) is 0 Å². The van der Waals surface area contributed by atoms with Gasteiger partial charge in [0.1, 0.15) is 11.5 Å². The van der Waals surface area contributed by atoms with E-state index in [9.17, 15) is 0 Å². The fourth-order valence-corrected chi connectivity index (χ4v) is 4.98. The molecule has 0 radical (unpaired) electrons. The summed E-state index contributed by atoms with van der Waals surface area (Å²) < 4.78 is 24.0. The molecular weight excluding hydrogens is 413 g/mol. The maximum atomic E-state index is 6.45. The third-order valence-corrected chi connectivity index (χ3v) is 6.71. The maximum absolute atomic E-state index is 6.45. The Labute approximate surface area is 180 Å². The highest BCUT2D eigenvalue weighted by molar-refractivity contribution is 6.39. The number of fused-ring (bicyclic) bond motifs is 3. The summed E-state index contributed by atoms with van der Waals surface area (Å²) in [5.41, 5.74) is 2.38. The van der Waals surface area contributed by atoms with Crippen LogP contribution in [0.25, 0.3) is 11.3 Å². The lowest BCUT2D eigenvalue weighted by molar-refractivity contribution is -0.0451. The molecule has 0 spiro atoms. The van der Waals surface area contributed by atoms with Crippen LogP contribution in [-0.2, 0) is 20.8 Å². The molecule has 3 aliphatic rings. The Morgan fingerprint density at radius 1 is 0.966 bits per heavy atom. The SMILES string of the molecule is Clc1cccc(Cl)c1-c1noc(C2CC2)c1CO[C@@H]1C[C@H]2CC[C@@H](C1)OCCO2. The van der Waals surface area contributed by atoms with E-state index in [1.807, 2.05) is 18.2 Å². The second-order valence-corrected chi connectivity index (χ2v) is 9.03. The number of hydrogen-bond donors (Lipinski definition) is 0. The van der Waals surface area contributed by atoms with Crippen LogP contribution in [0.1, 0.15) is 55.8 Å². The highest BCUT2D eigenvalue weighted by Gasteiger charge is 2.35. The minimum Gasteiger partial charge on any atom is -0.376 e.